The zero-order valence-electron chi connectivity index (χ0n) is 12.9. The van der Waals surface area contributed by atoms with Gasteiger partial charge in [0.05, 0.1) is 10.7 Å². The minimum atomic E-state index is -0.269. The van der Waals surface area contributed by atoms with Crippen LogP contribution in [0.25, 0.3) is 6.08 Å². The summed E-state index contributed by atoms with van der Waals surface area (Å²) in [5.74, 6) is -0.251. The van der Waals surface area contributed by atoms with Gasteiger partial charge in [0.15, 0.2) is 0 Å². The summed E-state index contributed by atoms with van der Waals surface area (Å²) in [5, 5.41) is 3.38. The van der Waals surface area contributed by atoms with Crippen LogP contribution in [0.15, 0.2) is 64.5 Å². The molecular formula is C18H13ClN2O2S2. The molecule has 1 aliphatic rings. The van der Waals surface area contributed by atoms with E-state index in [0.717, 1.165) is 5.56 Å². The fourth-order valence-corrected chi connectivity index (χ4v) is 3.94. The molecule has 0 atom stereocenters. The number of anilines is 1. The van der Waals surface area contributed by atoms with Crippen molar-refractivity contribution in [2.45, 2.75) is 0 Å². The number of aliphatic imine (C=N–C) groups is 1. The molecule has 0 spiro atoms. The number of carbonyl (C=O) groups excluding carboxylic acids is 2. The predicted octanol–water partition coefficient (Wildman–Crippen LogP) is 4.68. The summed E-state index contributed by atoms with van der Waals surface area (Å²) in [5.41, 5.74) is 1.62. The van der Waals surface area contributed by atoms with Crippen LogP contribution < -0.4 is 5.32 Å². The maximum Gasteiger partial charge on any atom is 0.285 e. The second-order valence-corrected chi connectivity index (χ2v) is 7.74. The summed E-state index contributed by atoms with van der Waals surface area (Å²) in [6.45, 7) is 0. The van der Waals surface area contributed by atoms with Crippen LogP contribution in [-0.4, -0.2) is 21.9 Å². The van der Waals surface area contributed by atoms with Crippen LogP contribution in [-0.2, 0) is 9.59 Å². The highest BCUT2D eigenvalue weighted by Crippen LogP contribution is 2.33. The third-order valence-electron chi connectivity index (χ3n) is 3.15. The molecule has 2 amide bonds. The molecular weight excluding hydrogens is 376 g/mol. The summed E-state index contributed by atoms with van der Waals surface area (Å²) < 4.78 is 0.582. The van der Waals surface area contributed by atoms with Crippen molar-refractivity contribution < 1.29 is 9.59 Å². The lowest BCUT2D eigenvalue weighted by Crippen LogP contribution is -2.14. The third-order valence-corrected chi connectivity index (χ3v) is 5.53. The van der Waals surface area contributed by atoms with E-state index in [-0.39, 0.29) is 17.6 Å². The SMILES string of the molecule is O=C(CSC1=NC(=O)C(=Cc2ccccc2)S1)Nc1ccc(Cl)cc1. The predicted molar refractivity (Wildman–Crippen MR) is 107 cm³/mol. The maximum absolute atomic E-state index is 12.0. The van der Waals surface area contributed by atoms with Crippen LogP contribution in [0.5, 0.6) is 0 Å². The molecule has 7 heteroatoms. The fourth-order valence-electron chi connectivity index (χ4n) is 2.01. The summed E-state index contributed by atoms with van der Waals surface area (Å²) >= 11 is 8.34. The van der Waals surface area contributed by atoms with Crippen molar-refractivity contribution in [1.82, 2.24) is 0 Å². The van der Waals surface area contributed by atoms with Crippen molar-refractivity contribution in [2.24, 2.45) is 4.99 Å². The second-order valence-electron chi connectivity index (χ2n) is 5.05. The van der Waals surface area contributed by atoms with Crippen LogP contribution in [0.3, 0.4) is 0 Å². The van der Waals surface area contributed by atoms with E-state index in [1.807, 2.05) is 30.3 Å². The van der Waals surface area contributed by atoms with Gasteiger partial charge in [0.25, 0.3) is 5.91 Å². The topological polar surface area (TPSA) is 58.5 Å². The number of carbonyl (C=O) groups is 2. The number of thioether (sulfide) groups is 2. The fraction of sp³-hybridized carbons (Fsp3) is 0.0556. The summed E-state index contributed by atoms with van der Waals surface area (Å²) in [6.07, 6.45) is 1.80. The smallest absolute Gasteiger partial charge is 0.285 e. The van der Waals surface area contributed by atoms with Crippen LogP contribution in [0.1, 0.15) is 5.56 Å². The quantitative estimate of drug-likeness (QED) is 0.772. The number of rotatable bonds is 4. The molecule has 0 aliphatic carbocycles. The summed E-state index contributed by atoms with van der Waals surface area (Å²) in [4.78, 5) is 28.5. The minimum Gasteiger partial charge on any atom is -0.325 e. The van der Waals surface area contributed by atoms with Gasteiger partial charge in [-0.25, -0.2) is 0 Å². The number of benzene rings is 2. The normalized spacial score (nSPS) is 15.3. The highest BCUT2D eigenvalue weighted by Gasteiger charge is 2.22. The number of nitrogens with one attached hydrogen (secondary N) is 1. The van der Waals surface area contributed by atoms with Gasteiger partial charge in [0.2, 0.25) is 5.91 Å². The molecule has 0 unspecified atom stereocenters. The lowest BCUT2D eigenvalue weighted by Gasteiger charge is -2.04. The molecule has 2 aromatic rings. The Kier molecular flexibility index (Phi) is 5.96. The monoisotopic (exact) mass is 388 g/mol. The van der Waals surface area contributed by atoms with E-state index in [2.05, 4.69) is 10.3 Å². The van der Waals surface area contributed by atoms with Gasteiger partial charge in [0, 0.05) is 10.7 Å². The summed E-state index contributed by atoms with van der Waals surface area (Å²) in [6, 6.07) is 16.5. The van der Waals surface area contributed by atoms with Crippen LogP contribution in [0, 0.1) is 0 Å². The number of hydrogen-bond acceptors (Lipinski definition) is 4. The Morgan fingerprint density at radius 1 is 1.16 bits per heavy atom. The Morgan fingerprint density at radius 2 is 1.88 bits per heavy atom. The van der Waals surface area contributed by atoms with Gasteiger partial charge in [0.1, 0.15) is 4.38 Å². The molecule has 2 aromatic carbocycles. The Balaban J connectivity index is 1.53. The third kappa shape index (κ3) is 5.22. The molecule has 25 heavy (non-hydrogen) atoms. The largest absolute Gasteiger partial charge is 0.325 e. The van der Waals surface area contributed by atoms with Gasteiger partial charge in [-0.15, -0.1) is 0 Å². The van der Waals surface area contributed by atoms with Gasteiger partial charge in [-0.1, -0.05) is 65.5 Å². The number of amides is 2. The zero-order valence-corrected chi connectivity index (χ0v) is 15.3. The van der Waals surface area contributed by atoms with Crippen LogP contribution in [0.2, 0.25) is 5.02 Å². The van der Waals surface area contributed by atoms with E-state index < -0.39 is 0 Å². The zero-order chi connectivity index (χ0) is 17.6. The van der Waals surface area contributed by atoms with Gasteiger partial charge >= 0.3 is 0 Å². The van der Waals surface area contributed by atoms with E-state index in [0.29, 0.717) is 20.0 Å². The first-order chi connectivity index (χ1) is 12.1. The van der Waals surface area contributed by atoms with Gasteiger partial charge < -0.3 is 5.32 Å². The van der Waals surface area contributed by atoms with Crippen molar-refractivity contribution in [3.05, 3.63) is 70.1 Å². The first-order valence-corrected chi connectivity index (χ1v) is 9.54. The molecule has 126 valence electrons. The Bertz CT molecular complexity index is 849. The first-order valence-electron chi connectivity index (χ1n) is 7.36. The maximum atomic E-state index is 12.0. The lowest BCUT2D eigenvalue weighted by atomic mass is 10.2. The van der Waals surface area contributed by atoms with E-state index in [1.165, 1.54) is 23.5 Å². The highest BCUT2D eigenvalue weighted by molar-refractivity contribution is 8.41. The molecule has 0 radical (unpaired) electrons. The Hall–Kier alpha value is -2.02. The van der Waals surface area contributed by atoms with Crippen molar-refractivity contribution in [3.8, 4) is 0 Å². The first kappa shape index (κ1) is 17.8. The molecule has 0 saturated carbocycles. The van der Waals surface area contributed by atoms with Gasteiger partial charge in [-0.3, -0.25) is 9.59 Å². The highest BCUT2D eigenvalue weighted by atomic mass is 35.5. The average molecular weight is 389 g/mol. The number of halogens is 1. The molecule has 4 nitrogen and oxygen atoms in total. The molecule has 3 rings (SSSR count). The summed E-state index contributed by atoms with van der Waals surface area (Å²) in [7, 11) is 0. The standard InChI is InChI=1S/C18H13ClN2O2S2/c19-13-6-8-14(9-7-13)20-16(22)11-24-18-21-17(23)15(25-18)10-12-4-2-1-3-5-12/h1-10H,11H2,(H,20,22). The average Bonchev–Trinajstić information content (AvgIpc) is 2.96. The lowest BCUT2D eigenvalue weighted by molar-refractivity contribution is -0.114. The molecule has 1 N–H and O–H groups in total. The number of hydrogen-bond donors (Lipinski definition) is 1. The van der Waals surface area contributed by atoms with Crippen molar-refractivity contribution in [1.29, 1.82) is 0 Å². The molecule has 0 bridgehead atoms. The molecule has 0 saturated heterocycles. The van der Waals surface area contributed by atoms with Crippen LogP contribution >= 0.6 is 35.1 Å². The molecule has 1 aliphatic heterocycles. The van der Waals surface area contributed by atoms with Crippen molar-refractivity contribution in [3.63, 3.8) is 0 Å². The minimum absolute atomic E-state index is 0.163. The molecule has 0 aromatic heterocycles. The van der Waals surface area contributed by atoms with E-state index in [9.17, 15) is 9.59 Å². The van der Waals surface area contributed by atoms with E-state index in [1.54, 1.807) is 30.3 Å². The Morgan fingerprint density at radius 3 is 2.60 bits per heavy atom. The molecule has 0 fully saturated rings. The van der Waals surface area contributed by atoms with Gasteiger partial charge in [-0.2, -0.15) is 4.99 Å². The number of nitrogens with zero attached hydrogens (tertiary/aromatic N) is 1. The van der Waals surface area contributed by atoms with Gasteiger partial charge in [-0.05, 0) is 35.9 Å². The Labute approximate surface area is 158 Å². The second kappa shape index (κ2) is 8.38. The van der Waals surface area contributed by atoms with Crippen molar-refractivity contribution >= 4 is 63.1 Å². The van der Waals surface area contributed by atoms with Crippen LogP contribution in [0.4, 0.5) is 5.69 Å². The molecule has 1 heterocycles. The van der Waals surface area contributed by atoms with E-state index >= 15 is 0 Å². The van der Waals surface area contributed by atoms with E-state index in [4.69, 9.17) is 11.6 Å². The van der Waals surface area contributed by atoms with Crippen molar-refractivity contribution in [2.75, 3.05) is 11.1 Å².